The highest BCUT2D eigenvalue weighted by atomic mass is 16.7. The maximum absolute atomic E-state index is 11.8. The van der Waals surface area contributed by atoms with Crippen molar-refractivity contribution in [2.24, 2.45) is 0 Å². The second-order valence-corrected chi connectivity index (χ2v) is 3.55. The summed E-state index contributed by atoms with van der Waals surface area (Å²) in [5.41, 5.74) is 0.203. The Hall–Kier alpha value is -2.44. The van der Waals surface area contributed by atoms with Gasteiger partial charge >= 0.3 is 18.1 Å². The molecule has 0 saturated carbocycles. The van der Waals surface area contributed by atoms with E-state index in [-0.39, 0.29) is 30.9 Å². The van der Waals surface area contributed by atoms with Crippen LogP contribution >= 0.6 is 0 Å². The summed E-state index contributed by atoms with van der Waals surface area (Å²) in [6.45, 7) is 3.58. The molecule has 1 heterocycles. The SMILES string of the molecule is CCOC(=O)Cc1ncccc1C(=O)OC(=O)OCC. The molecule has 0 fully saturated rings. The van der Waals surface area contributed by atoms with E-state index in [0.29, 0.717) is 0 Å². The van der Waals surface area contributed by atoms with Crippen molar-refractivity contribution in [3.05, 3.63) is 29.6 Å². The normalized spacial score (nSPS) is 9.70. The monoisotopic (exact) mass is 281 g/mol. The van der Waals surface area contributed by atoms with E-state index < -0.39 is 18.1 Å². The van der Waals surface area contributed by atoms with Crippen LogP contribution in [0.25, 0.3) is 0 Å². The van der Waals surface area contributed by atoms with Crippen LogP contribution in [0.3, 0.4) is 0 Å². The van der Waals surface area contributed by atoms with Crippen molar-refractivity contribution >= 4 is 18.1 Å². The molecule has 0 aliphatic heterocycles. The van der Waals surface area contributed by atoms with Gasteiger partial charge in [-0.25, -0.2) is 9.59 Å². The number of nitrogens with zero attached hydrogens (tertiary/aromatic N) is 1. The molecule has 0 bridgehead atoms. The Labute approximate surface area is 115 Å². The fraction of sp³-hybridized carbons (Fsp3) is 0.385. The zero-order valence-electron chi connectivity index (χ0n) is 11.3. The number of hydrogen-bond acceptors (Lipinski definition) is 7. The molecule has 0 radical (unpaired) electrons. The molecule has 20 heavy (non-hydrogen) atoms. The number of carbonyl (C=O) groups is 3. The van der Waals surface area contributed by atoms with E-state index in [4.69, 9.17) is 4.74 Å². The number of esters is 2. The molecule has 1 rings (SSSR count). The van der Waals surface area contributed by atoms with E-state index in [1.807, 2.05) is 0 Å². The van der Waals surface area contributed by atoms with Crippen LogP contribution < -0.4 is 0 Å². The molecule has 1 aromatic heterocycles. The molecule has 0 spiro atoms. The van der Waals surface area contributed by atoms with Crippen LogP contribution in [-0.2, 0) is 25.4 Å². The van der Waals surface area contributed by atoms with Crippen molar-refractivity contribution in [2.75, 3.05) is 13.2 Å². The van der Waals surface area contributed by atoms with Gasteiger partial charge in [0, 0.05) is 6.20 Å². The maximum atomic E-state index is 11.8. The lowest BCUT2D eigenvalue weighted by atomic mass is 10.1. The Morgan fingerprint density at radius 3 is 2.50 bits per heavy atom. The Bertz CT molecular complexity index is 499. The summed E-state index contributed by atoms with van der Waals surface area (Å²) in [7, 11) is 0. The lowest BCUT2D eigenvalue weighted by Crippen LogP contribution is -2.18. The van der Waals surface area contributed by atoms with Crippen molar-refractivity contribution in [1.29, 1.82) is 0 Å². The van der Waals surface area contributed by atoms with Gasteiger partial charge < -0.3 is 14.2 Å². The number of aromatic nitrogens is 1. The van der Waals surface area contributed by atoms with Crippen molar-refractivity contribution in [3.8, 4) is 0 Å². The quantitative estimate of drug-likeness (QED) is 0.596. The van der Waals surface area contributed by atoms with Gasteiger partial charge in [0.25, 0.3) is 0 Å². The second-order valence-electron chi connectivity index (χ2n) is 3.55. The number of rotatable bonds is 5. The molecule has 0 unspecified atom stereocenters. The van der Waals surface area contributed by atoms with Crippen LogP contribution in [0.2, 0.25) is 0 Å². The third-order valence-electron chi connectivity index (χ3n) is 2.17. The highest BCUT2D eigenvalue weighted by Crippen LogP contribution is 2.09. The van der Waals surface area contributed by atoms with Crippen LogP contribution in [0.15, 0.2) is 18.3 Å². The van der Waals surface area contributed by atoms with E-state index in [9.17, 15) is 14.4 Å². The molecule has 0 aliphatic rings. The van der Waals surface area contributed by atoms with Crippen LogP contribution in [0, 0.1) is 0 Å². The lowest BCUT2D eigenvalue weighted by Gasteiger charge is -2.07. The van der Waals surface area contributed by atoms with Gasteiger partial charge in [0.2, 0.25) is 0 Å². The summed E-state index contributed by atoms with van der Waals surface area (Å²) in [5.74, 6) is -1.44. The molecule has 0 saturated heterocycles. The second kappa shape index (κ2) is 7.88. The topological polar surface area (TPSA) is 91.8 Å². The fourth-order valence-corrected chi connectivity index (χ4v) is 1.39. The Kier molecular flexibility index (Phi) is 6.15. The van der Waals surface area contributed by atoms with Crippen molar-refractivity contribution in [1.82, 2.24) is 4.98 Å². The zero-order valence-corrected chi connectivity index (χ0v) is 11.3. The average Bonchev–Trinajstić information content (AvgIpc) is 2.39. The maximum Gasteiger partial charge on any atom is 0.516 e. The molecule has 0 atom stereocenters. The molecule has 108 valence electrons. The van der Waals surface area contributed by atoms with Crippen LogP contribution in [0.1, 0.15) is 29.9 Å². The fourth-order valence-electron chi connectivity index (χ4n) is 1.39. The summed E-state index contributed by atoms with van der Waals surface area (Å²) < 4.78 is 13.7. The van der Waals surface area contributed by atoms with Crippen molar-refractivity contribution in [2.45, 2.75) is 20.3 Å². The summed E-state index contributed by atoms with van der Waals surface area (Å²) >= 11 is 0. The first-order valence-electron chi connectivity index (χ1n) is 6.06. The molecule has 0 aromatic carbocycles. The number of carbonyl (C=O) groups excluding carboxylic acids is 3. The highest BCUT2D eigenvalue weighted by Gasteiger charge is 2.20. The number of pyridine rings is 1. The van der Waals surface area contributed by atoms with E-state index in [2.05, 4.69) is 14.5 Å². The van der Waals surface area contributed by atoms with Crippen molar-refractivity contribution < 1.29 is 28.6 Å². The predicted octanol–water partition coefficient (Wildman–Crippen LogP) is 1.50. The van der Waals surface area contributed by atoms with Gasteiger partial charge in [0.15, 0.2) is 0 Å². The molecule has 1 aromatic rings. The molecular weight excluding hydrogens is 266 g/mol. The molecule has 0 amide bonds. The van der Waals surface area contributed by atoms with Crippen molar-refractivity contribution in [3.63, 3.8) is 0 Å². The first kappa shape index (κ1) is 15.6. The van der Waals surface area contributed by atoms with Crippen LogP contribution in [0.4, 0.5) is 4.79 Å². The smallest absolute Gasteiger partial charge is 0.466 e. The first-order chi connectivity index (χ1) is 9.58. The standard InChI is InChI=1S/C13H15NO6/c1-3-18-11(15)8-10-9(6-5-7-14-10)12(16)20-13(17)19-4-2/h5-7H,3-4,8H2,1-2H3. The van der Waals surface area contributed by atoms with E-state index >= 15 is 0 Å². The van der Waals surface area contributed by atoms with Gasteiger partial charge in [-0.15, -0.1) is 0 Å². The van der Waals surface area contributed by atoms with Gasteiger partial charge in [-0.3, -0.25) is 9.78 Å². The van der Waals surface area contributed by atoms with E-state index in [1.165, 1.54) is 18.3 Å². The third-order valence-corrected chi connectivity index (χ3v) is 2.17. The Morgan fingerprint density at radius 2 is 1.85 bits per heavy atom. The molecule has 7 heteroatoms. The van der Waals surface area contributed by atoms with Gasteiger partial charge in [-0.1, -0.05) is 0 Å². The average molecular weight is 281 g/mol. The minimum atomic E-state index is -1.09. The molecular formula is C13H15NO6. The Morgan fingerprint density at radius 1 is 1.15 bits per heavy atom. The van der Waals surface area contributed by atoms with E-state index in [1.54, 1.807) is 13.8 Å². The summed E-state index contributed by atoms with van der Waals surface area (Å²) in [4.78, 5) is 38.2. The number of ether oxygens (including phenoxy) is 3. The first-order valence-corrected chi connectivity index (χ1v) is 6.06. The predicted molar refractivity (Wildman–Crippen MR) is 67.0 cm³/mol. The van der Waals surface area contributed by atoms with Gasteiger partial charge in [0.05, 0.1) is 30.9 Å². The summed E-state index contributed by atoms with van der Waals surface area (Å²) in [6, 6.07) is 2.90. The van der Waals surface area contributed by atoms with Crippen LogP contribution in [-0.4, -0.2) is 36.3 Å². The molecule has 7 nitrogen and oxygen atoms in total. The van der Waals surface area contributed by atoms with Gasteiger partial charge in [-0.2, -0.15) is 0 Å². The van der Waals surface area contributed by atoms with Gasteiger partial charge in [-0.05, 0) is 26.0 Å². The van der Waals surface area contributed by atoms with Gasteiger partial charge in [0.1, 0.15) is 0 Å². The summed E-state index contributed by atoms with van der Waals surface area (Å²) in [6.07, 6.45) is 0.154. The summed E-state index contributed by atoms with van der Waals surface area (Å²) in [5, 5.41) is 0. The minimum absolute atomic E-state index is 0.0219. The van der Waals surface area contributed by atoms with Crippen LogP contribution in [0.5, 0.6) is 0 Å². The largest absolute Gasteiger partial charge is 0.516 e. The molecule has 0 aliphatic carbocycles. The number of hydrogen-bond donors (Lipinski definition) is 0. The lowest BCUT2D eigenvalue weighted by molar-refractivity contribution is -0.142. The minimum Gasteiger partial charge on any atom is -0.466 e. The zero-order chi connectivity index (χ0) is 15.0. The third kappa shape index (κ3) is 4.68. The van der Waals surface area contributed by atoms with E-state index in [0.717, 1.165) is 0 Å². The Balaban J connectivity index is 2.81. The molecule has 0 N–H and O–H groups in total. The highest BCUT2D eigenvalue weighted by molar-refractivity contribution is 5.96.